The van der Waals surface area contributed by atoms with Crippen LogP contribution in [0.1, 0.15) is 18.2 Å². The van der Waals surface area contributed by atoms with Gasteiger partial charge in [0.2, 0.25) is 0 Å². The van der Waals surface area contributed by atoms with E-state index < -0.39 is 0 Å². The number of nitrogens with one attached hydrogen (secondary N) is 1. The number of hydrogen-bond donors (Lipinski definition) is 1. The van der Waals surface area contributed by atoms with Crippen LogP contribution >= 0.6 is 0 Å². The predicted octanol–water partition coefficient (Wildman–Crippen LogP) is 1.21. The van der Waals surface area contributed by atoms with Crippen LogP contribution in [-0.4, -0.2) is 32.9 Å². The average Bonchev–Trinajstić information content (AvgIpc) is 2.47. The normalized spacial score (nSPS) is 15.2. The van der Waals surface area contributed by atoms with E-state index in [1.165, 1.54) is 0 Å². The lowest BCUT2D eigenvalue weighted by molar-refractivity contribution is 0.262. The van der Waals surface area contributed by atoms with Gasteiger partial charge < -0.3 is 4.98 Å². The average molecular weight is 256 g/mol. The molecule has 5 heteroatoms. The van der Waals surface area contributed by atoms with Crippen molar-refractivity contribution in [2.24, 2.45) is 0 Å². The minimum atomic E-state index is -0.0265. The number of hydrogen-bond acceptors (Lipinski definition) is 4. The molecule has 0 atom stereocenters. The Kier molecular flexibility index (Phi) is 3.13. The van der Waals surface area contributed by atoms with Crippen molar-refractivity contribution >= 4 is 0 Å². The van der Waals surface area contributed by atoms with Gasteiger partial charge >= 0.3 is 0 Å². The Balaban J connectivity index is 2.06. The summed E-state index contributed by atoms with van der Waals surface area (Å²) in [6.07, 6.45) is 2.47. The summed E-state index contributed by atoms with van der Waals surface area (Å²) in [5.41, 5.74) is 2.39. The fraction of sp³-hybridized carbons (Fsp3) is 0.357. The van der Waals surface area contributed by atoms with Gasteiger partial charge in [0.05, 0.1) is 5.69 Å². The van der Waals surface area contributed by atoms with Gasteiger partial charge in [0.15, 0.2) is 5.82 Å². The first-order valence-corrected chi connectivity index (χ1v) is 6.53. The molecule has 0 saturated carbocycles. The Labute approximate surface area is 111 Å². The van der Waals surface area contributed by atoms with Crippen molar-refractivity contribution in [1.82, 2.24) is 19.9 Å². The summed E-state index contributed by atoms with van der Waals surface area (Å²) in [6.45, 7) is 4.78. The van der Waals surface area contributed by atoms with E-state index in [9.17, 15) is 4.79 Å². The summed E-state index contributed by atoms with van der Waals surface area (Å²) in [7, 11) is 0. The molecular formula is C14H16N4O. The van der Waals surface area contributed by atoms with Gasteiger partial charge in [-0.3, -0.25) is 14.7 Å². The number of nitrogens with zero attached hydrogens (tertiary/aromatic N) is 3. The molecule has 0 radical (unpaired) electrons. The van der Waals surface area contributed by atoms with Crippen molar-refractivity contribution in [2.75, 3.05) is 13.1 Å². The van der Waals surface area contributed by atoms with E-state index in [2.05, 4.69) is 26.8 Å². The minimum absolute atomic E-state index is 0.0265. The number of rotatable bonds is 2. The highest BCUT2D eigenvalue weighted by atomic mass is 16.1. The van der Waals surface area contributed by atoms with Gasteiger partial charge in [0.1, 0.15) is 5.69 Å². The summed E-state index contributed by atoms with van der Waals surface area (Å²) < 4.78 is 0. The molecule has 1 aliphatic heterocycles. The third-order valence-corrected chi connectivity index (χ3v) is 3.51. The molecule has 0 spiro atoms. The lowest BCUT2D eigenvalue weighted by atomic mass is 10.1. The number of fused-ring (bicyclic) bond motifs is 1. The molecule has 2 aromatic heterocycles. The monoisotopic (exact) mass is 256 g/mol. The van der Waals surface area contributed by atoms with E-state index in [1.807, 2.05) is 18.2 Å². The summed E-state index contributed by atoms with van der Waals surface area (Å²) in [4.78, 5) is 26.1. The second-order valence-corrected chi connectivity index (χ2v) is 4.67. The fourth-order valence-electron chi connectivity index (χ4n) is 2.39. The quantitative estimate of drug-likeness (QED) is 0.877. The molecule has 0 bridgehead atoms. The molecular weight excluding hydrogens is 240 g/mol. The van der Waals surface area contributed by atoms with Crippen molar-refractivity contribution in [1.29, 1.82) is 0 Å². The first-order chi connectivity index (χ1) is 9.28. The van der Waals surface area contributed by atoms with Crippen LogP contribution in [0.2, 0.25) is 0 Å². The van der Waals surface area contributed by atoms with Crippen LogP contribution in [0, 0.1) is 0 Å². The minimum Gasteiger partial charge on any atom is -0.305 e. The van der Waals surface area contributed by atoms with Crippen LogP contribution in [0.25, 0.3) is 11.5 Å². The van der Waals surface area contributed by atoms with Crippen molar-refractivity contribution in [2.45, 2.75) is 19.9 Å². The molecule has 0 fully saturated rings. The van der Waals surface area contributed by atoms with E-state index >= 15 is 0 Å². The van der Waals surface area contributed by atoms with Gasteiger partial charge in [-0.1, -0.05) is 13.0 Å². The summed E-state index contributed by atoms with van der Waals surface area (Å²) in [5.74, 6) is 0.558. The van der Waals surface area contributed by atoms with Gasteiger partial charge in [-0.15, -0.1) is 0 Å². The van der Waals surface area contributed by atoms with Crippen LogP contribution in [0.5, 0.6) is 0 Å². The molecule has 0 aliphatic carbocycles. The second kappa shape index (κ2) is 4.93. The molecule has 19 heavy (non-hydrogen) atoms. The number of aromatic amines is 1. The molecule has 0 saturated heterocycles. The van der Waals surface area contributed by atoms with Crippen molar-refractivity contribution in [3.63, 3.8) is 0 Å². The smallest absolute Gasteiger partial charge is 0.254 e. The van der Waals surface area contributed by atoms with Gasteiger partial charge in [0.25, 0.3) is 5.56 Å². The van der Waals surface area contributed by atoms with Crippen LogP contribution < -0.4 is 5.56 Å². The van der Waals surface area contributed by atoms with Crippen LogP contribution in [0.4, 0.5) is 0 Å². The Morgan fingerprint density at radius 1 is 1.42 bits per heavy atom. The first kappa shape index (κ1) is 12.0. The van der Waals surface area contributed by atoms with Crippen molar-refractivity contribution < 1.29 is 0 Å². The van der Waals surface area contributed by atoms with Gasteiger partial charge in [-0.2, -0.15) is 0 Å². The molecule has 2 aromatic rings. The Bertz CT molecular complexity index is 636. The number of likely N-dealkylation sites (N-methyl/N-ethyl adjacent to an activating group) is 1. The van der Waals surface area contributed by atoms with E-state index in [-0.39, 0.29) is 5.56 Å². The molecule has 0 amide bonds. The predicted molar refractivity (Wildman–Crippen MR) is 72.7 cm³/mol. The highest BCUT2D eigenvalue weighted by molar-refractivity contribution is 5.49. The van der Waals surface area contributed by atoms with Gasteiger partial charge in [-0.25, -0.2) is 4.98 Å². The molecule has 98 valence electrons. The van der Waals surface area contributed by atoms with Crippen LogP contribution in [-0.2, 0) is 13.0 Å². The molecule has 0 aromatic carbocycles. The first-order valence-electron chi connectivity index (χ1n) is 6.53. The molecule has 3 heterocycles. The van der Waals surface area contributed by atoms with Gasteiger partial charge in [-0.05, 0) is 25.1 Å². The van der Waals surface area contributed by atoms with Crippen LogP contribution in [0.3, 0.4) is 0 Å². The molecule has 5 nitrogen and oxygen atoms in total. The summed E-state index contributed by atoms with van der Waals surface area (Å²) >= 11 is 0. The maximum atomic E-state index is 12.1. The topological polar surface area (TPSA) is 61.9 Å². The largest absolute Gasteiger partial charge is 0.305 e. The molecule has 1 aliphatic rings. The van der Waals surface area contributed by atoms with E-state index in [0.29, 0.717) is 11.5 Å². The standard InChI is InChI=1S/C14H16N4O/c1-2-18-8-6-10-12(9-18)16-13(17-14(10)19)11-5-3-4-7-15-11/h3-5,7H,2,6,8-9H2,1H3,(H,16,17,19). The zero-order valence-electron chi connectivity index (χ0n) is 10.9. The van der Waals surface area contributed by atoms with Gasteiger partial charge in [0, 0.05) is 24.8 Å². The maximum absolute atomic E-state index is 12.1. The highest BCUT2D eigenvalue weighted by Gasteiger charge is 2.20. The maximum Gasteiger partial charge on any atom is 0.254 e. The van der Waals surface area contributed by atoms with E-state index in [1.54, 1.807) is 6.20 Å². The zero-order valence-corrected chi connectivity index (χ0v) is 10.9. The lowest BCUT2D eigenvalue weighted by Crippen LogP contribution is -2.35. The third kappa shape index (κ3) is 2.29. The van der Waals surface area contributed by atoms with E-state index in [0.717, 1.165) is 37.3 Å². The number of aromatic nitrogens is 3. The lowest BCUT2D eigenvalue weighted by Gasteiger charge is -2.26. The Morgan fingerprint density at radius 3 is 3.05 bits per heavy atom. The fourth-order valence-corrected chi connectivity index (χ4v) is 2.39. The molecule has 0 unspecified atom stereocenters. The van der Waals surface area contributed by atoms with Crippen LogP contribution in [0.15, 0.2) is 29.2 Å². The Morgan fingerprint density at radius 2 is 2.32 bits per heavy atom. The number of pyridine rings is 1. The van der Waals surface area contributed by atoms with Crippen molar-refractivity contribution in [3.8, 4) is 11.5 Å². The third-order valence-electron chi connectivity index (χ3n) is 3.51. The van der Waals surface area contributed by atoms with Crippen molar-refractivity contribution in [3.05, 3.63) is 46.0 Å². The van der Waals surface area contributed by atoms with E-state index in [4.69, 9.17) is 0 Å². The zero-order chi connectivity index (χ0) is 13.2. The second-order valence-electron chi connectivity index (χ2n) is 4.67. The highest BCUT2D eigenvalue weighted by Crippen LogP contribution is 2.16. The molecule has 3 rings (SSSR count). The SMILES string of the molecule is CCN1CCc2c(nc(-c3ccccn3)[nH]c2=O)C1. The Hall–Kier alpha value is -2.01. The summed E-state index contributed by atoms with van der Waals surface area (Å²) in [6, 6.07) is 5.59. The molecule has 1 N–H and O–H groups in total. The summed E-state index contributed by atoms with van der Waals surface area (Å²) in [5, 5.41) is 0. The number of H-pyrrole nitrogens is 1.